The van der Waals surface area contributed by atoms with Crippen molar-refractivity contribution < 1.29 is 0 Å². The largest absolute Gasteiger partial charge is 0.309 e. The highest BCUT2D eigenvalue weighted by atomic mass is 35.5. The van der Waals surface area contributed by atoms with Crippen molar-refractivity contribution >= 4 is 77.1 Å². The molecular weight excluding hydrogens is 1610 g/mol. The van der Waals surface area contributed by atoms with E-state index in [1.165, 1.54) is 43.9 Å². The van der Waals surface area contributed by atoms with E-state index in [4.69, 9.17) is 26.6 Å². The molecule has 12 aromatic carbocycles. The summed E-state index contributed by atoms with van der Waals surface area (Å²) in [4.78, 5) is 42.5. The quantitative estimate of drug-likeness (QED) is 0.0984. The molecule has 0 atom stereocenters. The van der Waals surface area contributed by atoms with E-state index in [9.17, 15) is 0 Å². The van der Waals surface area contributed by atoms with Gasteiger partial charge in [-0.1, -0.05) is 272 Å². The third-order valence-electron chi connectivity index (χ3n) is 23.9. The molecule has 0 N–H and O–H groups in total. The summed E-state index contributed by atoms with van der Waals surface area (Å²) in [6, 6.07) is 145. The van der Waals surface area contributed by atoms with Gasteiger partial charge in [0.2, 0.25) is 0 Å². The van der Waals surface area contributed by atoms with Crippen LogP contribution in [-0.4, -0.2) is 58.6 Å². The molecular formula is C117H77ClN12. The molecule has 0 unspecified atom stereocenters. The van der Waals surface area contributed by atoms with Crippen molar-refractivity contribution in [2.75, 3.05) is 0 Å². The van der Waals surface area contributed by atoms with E-state index in [0.29, 0.717) is 5.02 Å². The molecule has 13 heteroatoms. The van der Waals surface area contributed by atoms with Gasteiger partial charge in [0.25, 0.3) is 0 Å². The van der Waals surface area contributed by atoms with E-state index in [-0.39, 0.29) is 0 Å². The Morgan fingerprint density at radius 3 is 0.969 bits per heavy atom. The average Bonchev–Trinajstić information content (AvgIpc) is 1.60. The van der Waals surface area contributed by atoms with E-state index >= 15 is 0 Å². The fraction of sp³-hybridized carbons (Fsp3) is 0. The topological polar surface area (TPSA) is 131 Å². The normalized spacial score (nSPS) is 11.3. The summed E-state index contributed by atoms with van der Waals surface area (Å²) in [5.74, 6) is 0. The Morgan fingerprint density at radius 2 is 0.500 bits per heavy atom. The lowest BCUT2D eigenvalue weighted by molar-refractivity contribution is 1.17. The highest BCUT2D eigenvalue weighted by molar-refractivity contribution is 6.33. The number of fused-ring (bicyclic) bond motifs is 9. The maximum absolute atomic E-state index is 6.83. The zero-order valence-electron chi connectivity index (χ0n) is 70.2. The smallest absolute Gasteiger partial charge is 0.0963 e. The van der Waals surface area contributed by atoms with Gasteiger partial charge in [-0.25, -0.2) is 15.0 Å². The van der Waals surface area contributed by atoms with E-state index in [2.05, 4.69) is 365 Å². The van der Waals surface area contributed by atoms with Crippen LogP contribution in [0.15, 0.2) is 468 Å². The highest BCUT2D eigenvalue weighted by Gasteiger charge is 2.21. The van der Waals surface area contributed by atoms with Gasteiger partial charge in [-0.2, -0.15) is 0 Å². The average molecular weight is 1690 g/mol. The number of hydrogen-bond donors (Lipinski definition) is 0. The van der Waals surface area contributed by atoms with Crippen LogP contribution in [0.4, 0.5) is 0 Å². The van der Waals surface area contributed by atoms with Gasteiger partial charge in [-0.05, 0) is 219 Å². The van der Waals surface area contributed by atoms with Gasteiger partial charge < -0.3 is 13.7 Å². The standard InChI is InChI=1S/C39H25ClN4.2C39H26N4/c40-34-22-28(15-18-31(34)27-8-2-1-3-9-27)36-23-29(24-37(43-36)35-11-6-7-20-42-35)26-13-16-30(17-14-26)44-38-12-5-4-10-32(38)33-25-41-21-19-39(33)44;1-2-9-27(10-3-1)28-15-17-30(18-16-28)35-25-31(26-36(42-35)34-12-6-7-23-40-34)29-19-21-32(22-20-29)43-37-13-5-4-11-33(37)39-38(43)14-8-24-41-39;1-2-8-27(9-3-1)28-13-15-30(16-14-28)36-24-31(25-37(42-36)35-11-6-7-22-41-35)29-17-19-32(20-18-29)43-38-12-5-4-10-33(38)34-21-23-40-26-39(34)43/h1-25H;2*1-26H. The fourth-order valence-electron chi connectivity index (χ4n) is 17.6. The van der Waals surface area contributed by atoms with Crippen molar-refractivity contribution in [2.45, 2.75) is 0 Å². The zero-order valence-corrected chi connectivity index (χ0v) is 71.0. The molecule has 12 aromatic heterocycles. The van der Waals surface area contributed by atoms with Gasteiger partial charge in [0.15, 0.2) is 0 Å². The Hall–Kier alpha value is -17.3. The molecule has 0 spiro atoms. The van der Waals surface area contributed by atoms with Crippen molar-refractivity contribution in [3.8, 4) is 152 Å². The van der Waals surface area contributed by atoms with Gasteiger partial charge >= 0.3 is 0 Å². The lowest BCUT2D eigenvalue weighted by Gasteiger charge is -2.13. The van der Waals surface area contributed by atoms with Crippen LogP contribution in [0.25, 0.3) is 217 Å². The molecule has 24 rings (SSSR count). The second-order valence-corrected chi connectivity index (χ2v) is 32.2. The molecule has 0 aliphatic heterocycles. The number of para-hydroxylation sites is 3. The molecule has 0 bridgehead atoms. The Morgan fingerprint density at radius 1 is 0.177 bits per heavy atom. The molecule has 12 heterocycles. The van der Waals surface area contributed by atoms with Gasteiger partial charge in [-0.15, -0.1) is 0 Å². The van der Waals surface area contributed by atoms with E-state index in [1.807, 2.05) is 140 Å². The summed E-state index contributed by atoms with van der Waals surface area (Å²) in [7, 11) is 0. The Bertz CT molecular complexity index is 7740. The molecule has 24 aromatic rings. The lowest BCUT2D eigenvalue weighted by atomic mass is 9.99. The van der Waals surface area contributed by atoms with Crippen molar-refractivity contribution in [1.82, 2.24) is 58.6 Å². The van der Waals surface area contributed by atoms with Crippen LogP contribution in [0.3, 0.4) is 0 Å². The Kier molecular flexibility index (Phi) is 21.2. The molecule has 0 radical (unpaired) electrons. The van der Waals surface area contributed by atoms with Crippen LogP contribution in [-0.2, 0) is 0 Å². The van der Waals surface area contributed by atoms with Crippen molar-refractivity contribution in [1.29, 1.82) is 0 Å². The van der Waals surface area contributed by atoms with E-state index in [0.717, 1.165) is 173 Å². The van der Waals surface area contributed by atoms with E-state index in [1.54, 1.807) is 6.20 Å². The first-order valence-electron chi connectivity index (χ1n) is 43.2. The number of aromatic nitrogens is 12. The summed E-state index contributed by atoms with van der Waals surface area (Å²) in [5, 5.41) is 6.59. The third kappa shape index (κ3) is 15.6. The zero-order chi connectivity index (χ0) is 86.6. The minimum absolute atomic E-state index is 0.686. The van der Waals surface area contributed by atoms with Crippen molar-refractivity contribution in [3.05, 3.63) is 473 Å². The third-order valence-corrected chi connectivity index (χ3v) is 24.2. The summed E-state index contributed by atoms with van der Waals surface area (Å²) in [5.41, 5.74) is 35.2. The molecule has 12 nitrogen and oxygen atoms in total. The molecule has 0 aliphatic rings. The molecule has 0 fully saturated rings. The van der Waals surface area contributed by atoms with Crippen LogP contribution in [0.5, 0.6) is 0 Å². The van der Waals surface area contributed by atoms with Gasteiger partial charge in [0, 0.05) is 115 Å². The number of nitrogens with zero attached hydrogens (tertiary/aromatic N) is 12. The van der Waals surface area contributed by atoms with Crippen molar-refractivity contribution in [2.24, 2.45) is 0 Å². The monoisotopic (exact) mass is 1680 g/mol. The number of halogens is 1. The highest BCUT2D eigenvalue weighted by Crippen LogP contribution is 2.41. The molecule has 612 valence electrons. The van der Waals surface area contributed by atoms with Gasteiger partial charge in [-0.3, -0.25) is 29.9 Å². The Balaban J connectivity index is 0.000000114. The first-order chi connectivity index (χ1) is 64.4. The maximum atomic E-state index is 6.83. The lowest BCUT2D eigenvalue weighted by Crippen LogP contribution is -1.95. The summed E-state index contributed by atoms with van der Waals surface area (Å²) < 4.78 is 6.86. The summed E-state index contributed by atoms with van der Waals surface area (Å²) in [6.07, 6.45) is 14.9. The number of pyridine rings is 9. The van der Waals surface area contributed by atoms with E-state index < -0.39 is 0 Å². The molecule has 0 amide bonds. The predicted octanol–water partition coefficient (Wildman–Crippen LogP) is 29.6. The SMILES string of the molecule is Clc1cc(-c2cc(-c3ccc(-n4c5ccccc5c5cnccc54)cc3)cc(-c3ccccn3)n2)ccc1-c1ccccc1.c1ccc(-c2ccc(-c3cc(-c4ccc(-n5c6ccccc6c6ccncc65)cc4)cc(-c4ccccn4)n3)cc2)cc1.c1ccc(-c2ccc(-c3cc(-c4ccc(-n5c6ccccc6c6ncccc65)cc4)cc(-c4ccccn4)n3)cc2)cc1. The van der Waals surface area contributed by atoms with Crippen LogP contribution in [0.2, 0.25) is 5.02 Å². The van der Waals surface area contributed by atoms with Crippen LogP contribution in [0, 0.1) is 0 Å². The second-order valence-electron chi connectivity index (χ2n) is 31.8. The van der Waals surface area contributed by atoms with Crippen LogP contribution < -0.4 is 0 Å². The van der Waals surface area contributed by atoms with Crippen molar-refractivity contribution in [3.63, 3.8) is 0 Å². The summed E-state index contributed by atoms with van der Waals surface area (Å²) in [6.45, 7) is 0. The maximum Gasteiger partial charge on any atom is 0.0963 e. The minimum Gasteiger partial charge on any atom is -0.309 e. The molecule has 0 saturated heterocycles. The van der Waals surface area contributed by atoms with Crippen LogP contribution >= 0.6 is 11.6 Å². The van der Waals surface area contributed by atoms with Gasteiger partial charge in [0.1, 0.15) is 0 Å². The number of benzene rings is 12. The summed E-state index contributed by atoms with van der Waals surface area (Å²) >= 11 is 6.83. The number of rotatable bonds is 15. The first-order valence-corrected chi connectivity index (χ1v) is 43.5. The first kappa shape index (κ1) is 78.6. The molecule has 0 saturated carbocycles. The molecule has 130 heavy (non-hydrogen) atoms. The molecule has 0 aliphatic carbocycles. The minimum atomic E-state index is 0.686. The predicted molar refractivity (Wildman–Crippen MR) is 533 cm³/mol. The van der Waals surface area contributed by atoms with Crippen LogP contribution in [0.1, 0.15) is 0 Å². The number of hydrogen-bond acceptors (Lipinski definition) is 9. The van der Waals surface area contributed by atoms with Gasteiger partial charge in [0.05, 0.1) is 96.1 Å². The second kappa shape index (κ2) is 35.0. The Labute approximate surface area is 755 Å². The fourth-order valence-corrected chi connectivity index (χ4v) is 17.9.